The van der Waals surface area contributed by atoms with Crippen molar-refractivity contribution in [2.75, 3.05) is 5.32 Å². The van der Waals surface area contributed by atoms with Gasteiger partial charge in [0.15, 0.2) is 0 Å². The predicted molar refractivity (Wildman–Crippen MR) is 133 cm³/mol. The number of aromatic nitrogens is 2. The average molecular weight is 506 g/mol. The van der Waals surface area contributed by atoms with E-state index in [1.807, 2.05) is 73.1 Å². The van der Waals surface area contributed by atoms with Crippen molar-refractivity contribution in [2.45, 2.75) is 24.8 Å². The second-order valence-corrected chi connectivity index (χ2v) is 9.79. The summed E-state index contributed by atoms with van der Waals surface area (Å²) < 4.78 is 2.70. The van der Waals surface area contributed by atoms with E-state index in [9.17, 15) is 9.90 Å². The number of carbonyl (C=O) groups excluding carboxylic acids is 1. The first kappa shape index (κ1) is 20.8. The van der Waals surface area contributed by atoms with E-state index in [-0.39, 0.29) is 17.6 Å². The number of benzene rings is 3. The fourth-order valence-electron chi connectivity index (χ4n) is 3.82. The second kappa shape index (κ2) is 8.15. The molecule has 1 aliphatic heterocycles. The first-order valence-electron chi connectivity index (χ1n) is 10.2. The second-order valence-electron chi connectivity index (χ2n) is 7.82. The number of ketones is 1. The van der Waals surface area contributed by atoms with Gasteiger partial charge in [0.25, 0.3) is 0 Å². The number of carbonyl (C=O) groups is 1. The Hall–Kier alpha value is -3.03. The van der Waals surface area contributed by atoms with Crippen LogP contribution in [0.25, 0.3) is 15.8 Å². The number of anilines is 1. The lowest BCUT2D eigenvalue weighted by atomic mass is 10.1. The zero-order valence-corrected chi connectivity index (χ0v) is 19.9. The minimum atomic E-state index is -0.211. The van der Waals surface area contributed by atoms with E-state index in [2.05, 4.69) is 21.2 Å². The molecule has 2 heterocycles. The number of para-hydroxylation sites is 2. The molecule has 4 aromatic rings. The van der Waals surface area contributed by atoms with E-state index in [0.717, 1.165) is 26.0 Å². The van der Waals surface area contributed by atoms with E-state index in [4.69, 9.17) is 5.10 Å². The number of phenolic OH excluding ortho intramolecular Hbond substituents is 1. The molecule has 5 rings (SSSR count). The Labute approximate surface area is 198 Å². The number of nitrogens with one attached hydrogen (secondary N) is 1. The van der Waals surface area contributed by atoms with Gasteiger partial charge >= 0.3 is 0 Å². The van der Waals surface area contributed by atoms with Gasteiger partial charge in [0, 0.05) is 26.4 Å². The van der Waals surface area contributed by atoms with Gasteiger partial charge in [-0.3, -0.25) is 9.48 Å². The molecule has 0 aliphatic carbocycles. The molecule has 0 atom stereocenters. The van der Waals surface area contributed by atoms with Gasteiger partial charge in [-0.05, 0) is 50.2 Å². The Morgan fingerprint density at radius 2 is 1.84 bits per heavy atom. The molecule has 32 heavy (non-hydrogen) atoms. The molecule has 2 N–H and O–H groups in total. The molecule has 0 spiro atoms. The van der Waals surface area contributed by atoms with Gasteiger partial charge in [-0.25, -0.2) is 0 Å². The van der Waals surface area contributed by atoms with Crippen LogP contribution in [0.1, 0.15) is 35.9 Å². The molecule has 0 amide bonds. The molecule has 0 unspecified atom stereocenters. The Morgan fingerprint density at radius 1 is 1.09 bits per heavy atom. The SMILES string of the molecule is CC(C)n1nc(C(=O)C2=C(c3cc(Br)ccc3O)Sc3ccccc3N2)c2ccccc21. The summed E-state index contributed by atoms with van der Waals surface area (Å²) in [6.45, 7) is 4.09. The summed E-state index contributed by atoms with van der Waals surface area (Å²) in [6.07, 6.45) is 0. The largest absolute Gasteiger partial charge is 0.507 e. The van der Waals surface area contributed by atoms with Crippen LogP contribution in [-0.2, 0) is 0 Å². The molecule has 1 aromatic heterocycles. The molecule has 0 saturated heterocycles. The van der Waals surface area contributed by atoms with Gasteiger partial charge in [0.2, 0.25) is 5.78 Å². The highest BCUT2D eigenvalue weighted by molar-refractivity contribution is 9.10. The number of allylic oxidation sites excluding steroid dienone is 1. The summed E-state index contributed by atoms with van der Waals surface area (Å²) in [5, 5.41) is 19.5. The Kier molecular flexibility index (Phi) is 5.31. The molecule has 0 fully saturated rings. The molecule has 0 saturated carbocycles. The van der Waals surface area contributed by atoms with Crippen molar-refractivity contribution in [2.24, 2.45) is 0 Å². The van der Waals surface area contributed by atoms with E-state index < -0.39 is 0 Å². The lowest BCUT2D eigenvalue weighted by Gasteiger charge is -2.24. The van der Waals surface area contributed by atoms with E-state index in [0.29, 0.717) is 21.9 Å². The third kappa shape index (κ3) is 3.51. The number of Topliss-reactive ketones (excluding diaryl/α,β-unsaturated/α-hetero) is 1. The number of hydrogen-bond acceptors (Lipinski definition) is 5. The fraction of sp³-hybridized carbons (Fsp3) is 0.120. The number of nitrogens with zero attached hydrogens (tertiary/aromatic N) is 2. The van der Waals surface area contributed by atoms with Crippen LogP contribution in [0.3, 0.4) is 0 Å². The number of halogens is 1. The number of hydrogen-bond donors (Lipinski definition) is 2. The summed E-state index contributed by atoms with van der Waals surface area (Å²) in [7, 11) is 0. The zero-order chi connectivity index (χ0) is 22.4. The number of phenols is 1. The van der Waals surface area contributed by atoms with Crippen LogP contribution in [0.15, 0.2) is 81.8 Å². The van der Waals surface area contributed by atoms with Crippen LogP contribution in [0, 0.1) is 0 Å². The first-order chi connectivity index (χ1) is 15.4. The highest BCUT2D eigenvalue weighted by atomic mass is 79.9. The van der Waals surface area contributed by atoms with E-state index in [1.54, 1.807) is 12.1 Å². The van der Waals surface area contributed by atoms with Crippen molar-refractivity contribution in [3.05, 3.63) is 88.2 Å². The average Bonchev–Trinajstić information content (AvgIpc) is 3.19. The van der Waals surface area contributed by atoms with Crippen LogP contribution >= 0.6 is 27.7 Å². The third-order valence-electron chi connectivity index (χ3n) is 5.33. The molecular weight excluding hydrogens is 486 g/mol. The quantitative estimate of drug-likeness (QED) is 0.296. The first-order valence-corrected chi connectivity index (χ1v) is 11.8. The lowest BCUT2D eigenvalue weighted by molar-refractivity contribution is 0.103. The molecular formula is C25H20BrN3O2S. The van der Waals surface area contributed by atoms with Crippen molar-refractivity contribution in [1.29, 1.82) is 0 Å². The maximum atomic E-state index is 13.9. The smallest absolute Gasteiger partial charge is 0.231 e. The topological polar surface area (TPSA) is 67.2 Å². The standard InChI is InChI=1S/C25H20BrN3O2S/c1-14(2)29-19-9-5-3-7-16(19)22(28-29)24(31)23-25(17-13-15(26)11-12-20(17)30)32-21-10-6-4-8-18(21)27-23/h3-14,27,30H,1-2H3. The van der Waals surface area contributed by atoms with E-state index in [1.165, 1.54) is 11.8 Å². The number of thioether (sulfide) groups is 1. The van der Waals surface area contributed by atoms with Crippen molar-refractivity contribution in [3.8, 4) is 5.75 Å². The third-order valence-corrected chi connectivity index (χ3v) is 7.03. The minimum Gasteiger partial charge on any atom is -0.507 e. The van der Waals surface area contributed by atoms with Gasteiger partial charge in [0.05, 0.1) is 16.1 Å². The summed E-state index contributed by atoms with van der Waals surface area (Å²) in [6, 6.07) is 20.9. The number of aromatic hydroxyl groups is 1. The highest BCUT2D eigenvalue weighted by Crippen LogP contribution is 2.48. The summed E-state index contributed by atoms with van der Waals surface area (Å²) in [5.74, 6) is -0.100. The van der Waals surface area contributed by atoms with E-state index >= 15 is 0 Å². The Bertz CT molecular complexity index is 1410. The van der Waals surface area contributed by atoms with Crippen LogP contribution in [-0.4, -0.2) is 20.7 Å². The van der Waals surface area contributed by atoms with Gasteiger partial charge < -0.3 is 10.4 Å². The van der Waals surface area contributed by atoms with Gasteiger partial charge in [-0.2, -0.15) is 5.10 Å². The van der Waals surface area contributed by atoms with Gasteiger partial charge in [0.1, 0.15) is 17.1 Å². The molecule has 1 aliphatic rings. The zero-order valence-electron chi connectivity index (χ0n) is 17.5. The van der Waals surface area contributed by atoms with Crippen LogP contribution in [0.4, 0.5) is 5.69 Å². The van der Waals surface area contributed by atoms with Crippen molar-refractivity contribution in [1.82, 2.24) is 9.78 Å². The number of rotatable bonds is 4. The molecule has 0 bridgehead atoms. The lowest BCUT2D eigenvalue weighted by Crippen LogP contribution is -2.18. The summed E-state index contributed by atoms with van der Waals surface area (Å²) in [4.78, 5) is 15.6. The van der Waals surface area contributed by atoms with Crippen LogP contribution in [0.2, 0.25) is 0 Å². The minimum absolute atomic E-state index is 0.110. The number of fused-ring (bicyclic) bond motifs is 2. The van der Waals surface area contributed by atoms with Gasteiger partial charge in [-0.15, -0.1) is 0 Å². The molecule has 160 valence electrons. The molecule has 3 aromatic carbocycles. The maximum Gasteiger partial charge on any atom is 0.231 e. The molecule has 0 radical (unpaired) electrons. The molecule has 5 nitrogen and oxygen atoms in total. The summed E-state index contributed by atoms with van der Waals surface area (Å²) >= 11 is 4.95. The summed E-state index contributed by atoms with van der Waals surface area (Å²) in [5.41, 5.74) is 3.15. The van der Waals surface area contributed by atoms with Crippen molar-refractivity contribution < 1.29 is 9.90 Å². The Balaban J connectivity index is 1.73. The maximum absolute atomic E-state index is 13.9. The predicted octanol–water partition coefficient (Wildman–Crippen LogP) is 6.85. The fourth-order valence-corrected chi connectivity index (χ4v) is 5.30. The molecule has 7 heteroatoms. The van der Waals surface area contributed by atoms with Crippen molar-refractivity contribution in [3.63, 3.8) is 0 Å². The van der Waals surface area contributed by atoms with Crippen molar-refractivity contribution >= 4 is 55.0 Å². The highest BCUT2D eigenvalue weighted by Gasteiger charge is 2.30. The normalized spacial score (nSPS) is 13.4. The van der Waals surface area contributed by atoms with Crippen LogP contribution in [0.5, 0.6) is 5.75 Å². The van der Waals surface area contributed by atoms with Gasteiger partial charge in [-0.1, -0.05) is 58.0 Å². The Morgan fingerprint density at radius 3 is 2.66 bits per heavy atom. The van der Waals surface area contributed by atoms with Crippen LogP contribution < -0.4 is 5.32 Å². The monoisotopic (exact) mass is 505 g/mol.